The van der Waals surface area contributed by atoms with Crippen molar-refractivity contribution in [2.45, 2.75) is 71.1 Å². The van der Waals surface area contributed by atoms with Gasteiger partial charge in [0, 0.05) is 49.5 Å². The van der Waals surface area contributed by atoms with Gasteiger partial charge in [-0.2, -0.15) is 0 Å². The molecule has 19 nitrogen and oxygen atoms in total. The number of non-ortho nitro benzene ring substituents is 1. The molecule has 0 spiro atoms. The van der Waals surface area contributed by atoms with Gasteiger partial charge in [0.15, 0.2) is 0 Å². The summed E-state index contributed by atoms with van der Waals surface area (Å²) < 4.78 is 14.5. The molecule has 2 aromatic rings. The Kier molecular flexibility index (Phi) is 19.4. The number of amides is 6. The van der Waals surface area contributed by atoms with Gasteiger partial charge < -0.3 is 46.5 Å². The molecule has 2 atom stereocenters. The van der Waals surface area contributed by atoms with Crippen molar-refractivity contribution in [3.63, 3.8) is 0 Å². The summed E-state index contributed by atoms with van der Waals surface area (Å²) in [5.41, 5.74) is 5.88. The van der Waals surface area contributed by atoms with Gasteiger partial charge in [-0.3, -0.25) is 29.3 Å². The Balaban J connectivity index is 1.91. The summed E-state index contributed by atoms with van der Waals surface area (Å²) in [5.74, 6) is -2.89. The van der Waals surface area contributed by atoms with E-state index in [0.29, 0.717) is 37.1 Å². The van der Waals surface area contributed by atoms with E-state index in [2.05, 4.69) is 31.3 Å². The van der Waals surface area contributed by atoms with Gasteiger partial charge in [-0.05, 0) is 61.4 Å². The zero-order valence-corrected chi connectivity index (χ0v) is 30.8. The fraction of sp³-hybridized carbons (Fsp3) is 0.417. The number of esters is 1. The first-order valence-electron chi connectivity index (χ1n) is 17.3. The molecule has 0 saturated carbocycles. The number of hydrogen-bond acceptors (Lipinski definition) is 12. The molecule has 0 fully saturated rings. The second-order valence-electron chi connectivity index (χ2n) is 12.3. The SMILES string of the molecule is COC(=O)/C=C/C(=O)NCCCCCC(=O)N[C@H](C(=O)N[C@@H](CCCNC(N)=O)C(=O)Nc1ccc(COC(=O)Oc2ccc([N+](=O)[O-])cc2)cc1)C(C)C. The van der Waals surface area contributed by atoms with Gasteiger partial charge in [0.25, 0.3) is 5.69 Å². The first-order chi connectivity index (χ1) is 26.2. The van der Waals surface area contributed by atoms with Crippen LogP contribution in [0.2, 0.25) is 0 Å². The molecule has 0 heterocycles. The fourth-order valence-corrected chi connectivity index (χ4v) is 4.72. The van der Waals surface area contributed by atoms with E-state index in [9.17, 15) is 43.7 Å². The standard InChI is InChI=1S/C36H47N7O12/c1-23(2)32(42-30(45)9-5-4-6-20-38-29(44)18-19-31(46)53-3)34(48)41-28(8-7-21-39-35(37)49)33(47)40-25-12-10-24(11-13-25)22-54-36(50)55-27-16-14-26(15-17-27)43(51)52/h10-19,23,28,32H,4-9,20-22H2,1-3H3,(H,38,44)(H,40,47)(H,41,48)(H,42,45)(H3,37,39,49)/b19-18+/t28-,32-/m0/s1. The molecule has 7 N–H and O–H groups in total. The predicted molar refractivity (Wildman–Crippen MR) is 197 cm³/mol. The van der Waals surface area contributed by atoms with E-state index in [0.717, 1.165) is 12.2 Å². The van der Waals surface area contributed by atoms with Crippen LogP contribution < -0.4 is 37.1 Å². The molecule has 2 rings (SSSR count). The lowest BCUT2D eigenvalue weighted by atomic mass is 10.0. The van der Waals surface area contributed by atoms with E-state index < -0.39 is 52.9 Å². The van der Waals surface area contributed by atoms with Gasteiger partial charge in [0.05, 0.1) is 12.0 Å². The third-order valence-corrected chi connectivity index (χ3v) is 7.65. The minimum atomic E-state index is -1.06. The Bertz CT molecular complexity index is 1660. The highest BCUT2D eigenvalue weighted by molar-refractivity contribution is 5.98. The number of urea groups is 1. The number of nitrogens with two attached hydrogens (primary N) is 1. The van der Waals surface area contributed by atoms with Crippen molar-refractivity contribution in [3.05, 3.63) is 76.4 Å². The van der Waals surface area contributed by atoms with Crippen molar-refractivity contribution in [2.75, 3.05) is 25.5 Å². The summed E-state index contributed by atoms with van der Waals surface area (Å²) in [6, 6.07) is 8.40. The number of carbonyl (C=O) groups excluding carboxylic acids is 7. The first-order valence-corrected chi connectivity index (χ1v) is 17.3. The van der Waals surface area contributed by atoms with Gasteiger partial charge in [0.2, 0.25) is 23.6 Å². The largest absolute Gasteiger partial charge is 0.514 e. The molecule has 6 amide bonds. The molecule has 0 aromatic heterocycles. The van der Waals surface area contributed by atoms with Crippen LogP contribution in [0.15, 0.2) is 60.7 Å². The Morgan fingerprint density at radius 2 is 1.51 bits per heavy atom. The molecule has 2 aromatic carbocycles. The molecule has 55 heavy (non-hydrogen) atoms. The second-order valence-corrected chi connectivity index (χ2v) is 12.3. The maximum absolute atomic E-state index is 13.4. The molecular weight excluding hydrogens is 722 g/mol. The number of methoxy groups -OCH3 is 1. The number of nitrogens with one attached hydrogen (secondary N) is 5. The molecule has 0 aliphatic rings. The first kappa shape index (κ1) is 44.6. The summed E-state index contributed by atoms with van der Waals surface area (Å²) in [5, 5.41) is 24.0. The van der Waals surface area contributed by atoms with Gasteiger partial charge in [-0.15, -0.1) is 0 Å². The third kappa shape index (κ3) is 18.2. The van der Waals surface area contributed by atoms with Crippen molar-refractivity contribution in [1.29, 1.82) is 0 Å². The number of carbonyl (C=O) groups is 7. The van der Waals surface area contributed by atoms with Gasteiger partial charge in [-0.25, -0.2) is 14.4 Å². The second kappa shape index (κ2) is 23.9. The summed E-state index contributed by atoms with van der Waals surface area (Å²) in [4.78, 5) is 95.7. The average molecular weight is 770 g/mol. The zero-order valence-electron chi connectivity index (χ0n) is 30.8. The van der Waals surface area contributed by atoms with E-state index >= 15 is 0 Å². The van der Waals surface area contributed by atoms with Crippen LogP contribution in [0, 0.1) is 16.0 Å². The fourth-order valence-electron chi connectivity index (χ4n) is 4.72. The quantitative estimate of drug-likeness (QED) is 0.0252. The molecule has 0 bridgehead atoms. The molecule has 0 radical (unpaired) electrons. The van der Waals surface area contributed by atoms with Gasteiger partial charge >= 0.3 is 18.2 Å². The Morgan fingerprint density at radius 1 is 0.836 bits per heavy atom. The Morgan fingerprint density at radius 3 is 2.13 bits per heavy atom. The lowest BCUT2D eigenvalue weighted by Crippen LogP contribution is -2.54. The highest BCUT2D eigenvalue weighted by atomic mass is 16.7. The third-order valence-electron chi connectivity index (χ3n) is 7.65. The molecule has 0 unspecified atom stereocenters. The maximum Gasteiger partial charge on any atom is 0.514 e. The van der Waals surface area contributed by atoms with Crippen molar-refractivity contribution < 1.29 is 52.7 Å². The number of nitro groups is 1. The number of benzene rings is 2. The van der Waals surface area contributed by atoms with Crippen molar-refractivity contribution in [1.82, 2.24) is 21.3 Å². The van der Waals surface area contributed by atoms with Gasteiger partial charge in [-0.1, -0.05) is 32.4 Å². The van der Waals surface area contributed by atoms with E-state index in [4.69, 9.17) is 15.2 Å². The normalized spacial score (nSPS) is 11.8. The van der Waals surface area contributed by atoms with Crippen LogP contribution in [-0.2, 0) is 40.1 Å². The van der Waals surface area contributed by atoms with E-state index in [-0.39, 0.29) is 55.7 Å². The summed E-state index contributed by atoms with van der Waals surface area (Å²) in [7, 11) is 1.20. The highest BCUT2D eigenvalue weighted by Crippen LogP contribution is 2.18. The van der Waals surface area contributed by atoms with E-state index in [1.165, 1.54) is 31.4 Å². The maximum atomic E-state index is 13.4. The topological polar surface area (TPSA) is 276 Å². The van der Waals surface area contributed by atoms with E-state index in [1.807, 2.05) is 0 Å². The average Bonchev–Trinajstić information content (AvgIpc) is 3.14. The van der Waals surface area contributed by atoms with Crippen LogP contribution >= 0.6 is 0 Å². The van der Waals surface area contributed by atoms with Crippen molar-refractivity contribution in [3.8, 4) is 5.75 Å². The Hall–Kier alpha value is -6.53. The number of hydrogen-bond donors (Lipinski definition) is 6. The highest BCUT2D eigenvalue weighted by Gasteiger charge is 2.29. The minimum Gasteiger partial charge on any atom is -0.466 e. The van der Waals surface area contributed by atoms with Gasteiger partial charge in [0.1, 0.15) is 24.4 Å². The van der Waals surface area contributed by atoms with Crippen LogP contribution in [0.25, 0.3) is 0 Å². The van der Waals surface area contributed by atoms with Crippen LogP contribution in [0.3, 0.4) is 0 Å². The predicted octanol–water partition coefficient (Wildman–Crippen LogP) is 2.73. The summed E-state index contributed by atoms with van der Waals surface area (Å²) in [6.45, 7) is 3.80. The summed E-state index contributed by atoms with van der Waals surface area (Å²) in [6.07, 6.45) is 3.25. The lowest BCUT2D eigenvalue weighted by molar-refractivity contribution is -0.384. The molecule has 0 aliphatic heterocycles. The zero-order chi connectivity index (χ0) is 40.8. The lowest BCUT2D eigenvalue weighted by Gasteiger charge is -2.25. The molecule has 298 valence electrons. The van der Waals surface area contributed by atoms with E-state index in [1.54, 1.807) is 38.1 Å². The number of nitro benzene ring substituents is 1. The number of primary amides is 1. The smallest absolute Gasteiger partial charge is 0.466 e. The van der Waals surface area contributed by atoms with Crippen molar-refractivity contribution >= 4 is 53.2 Å². The number of anilines is 1. The van der Waals surface area contributed by atoms with Crippen LogP contribution in [0.5, 0.6) is 5.75 Å². The number of ether oxygens (including phenoxy) is 3. The van der Waals surface area contributed by atoms with Crippen LogP contribution in [0.1, 0.15) is 57.9 Å². The van der Waals surface area contributed by atoms with Crippen molar-refractivity contribution in [2.24, 2.45) is 11.7 Å². The Labute approximate surface area is 317 Å². The van der Waals surface area contributed by atoms with Crippen LogP contribution in [-0.4, -0.2) is 79.0 Å². The monoisotopic (exact) mass is 769 g/mol. The van der Waals surface area contributed by atoms with Crippen LogP contribution in [0.4, 0.5) is 21.0 Å². The number of unbranched alkanes of at least 4 members (excludes halogenated alkanes) is 2. The summed E-state index contributed by atoms with van der Waals surface area (Å²) >= 11 is 0. The molecule has 19 heteroatoms. The molecule has 0 saturated heterocycles. The number of rotatable bonds is 22. The molecular formula is C36H47N7O12. The molecule has 0 aliphatic carbocycles. The number of nitrogens with zero attached hydrogens (tertiary/aromatic N) is 1. The minimum absolute atomic E-state index is 0.0589.